The fourth-order valence-corrected chi connectivity index (χ4v) is 1.94. The van der Waals surface area contributed by atoms with Gasteiger partial charge in [0.15, 0.2) is 5.69 Å². The van der Waals surface area contributed by atoms with Gasteiger partial charge in [0, 0.05) is 12.6 Å². The number of carbonyl (C=O) groups is 1. The summed E-state index contributed by atoms with van der Waals surface area (Å²) in [4.78, 5) is 12.2. The molecule has 2 rings (SSSR count). The van der Waals surface area contributed by atoms with Crippen LogP contribution in [0.5, 0.6) is 5.75 Å². The molecule has 1 aromatic heterocycles. The Kier molecular flexibility index (Phi) is 6.99. The smallest absolute Gasteiger partial charge is 0.273 e. The second kappa shape index (κ2) is 8.50. The summed E-state index contributed by atoms with van der Waals surface area (Å²) in [7, 11) is 3.46. The van der Waals surface area contributed by atoms with Crippen molar-refractivity contribution >= 4 is 18.3 Å². The second-order valence-electron chi connectivity index (χ2n) is 5.03. The molecule has 0 spiro atoms. The number of rotatable bonds is 6. The van der Waals surface area contributed by atoms with E-state index < -0.39 is 0 Å². The van der Waals surface area contributed by atoms with Gasteiger partial charge in [0.2, 0.25) is 0 Å². The Bertz CT molecular complexity index is 642. The number of aromatic nitrogens is 3. The molecule has 0 aliphatic heterocycles. The average Bonchev–Trinajstić information content (AvgIpc) is 2.94. The number of likely N-dealkylation sites (N-methyl/N-ethyl adjacent to an activating group) is 1. The Balaban J connectivity index is 0.00000264. The van der Waals surface area contributed by atoms with Crippen molar-refractivity contribution in [1.29, 1.82) is 0 Å². The summed E-state index contributed by atoms with van der Waals surface area (Å²) in [6.07, 6.45) is 0. The van der Waals surface area contributed by atoms with Crippen LogP contribution < -0.4 is 15.4 Å². The molecule has 0 saturated carbocycles. The monoisotopic (exact) mass is 339 g/mol. The second-order valence-corrected chi connectivity index (χ2v) is 5.03. The van der Waals surface area contributed by atoms with E-state index in [1.165, 1.54) is 0 Å². The van der Waals surface area contributed by atoms with E-state index in [9.17, 15) is 4.79 Å². The highest BCUT2D eigenvalue weighted by molar-refractivity contribution is 5.93. The molecular formula is C15H22ClN5O2. The quantitative estimate of drug-likeness (QED) is 0.830. The summed E-state index contributed by atoms with van der Waals surface area (Å²) in [5.41, 5.74) is 1.85. The third-order valence-corrected chi connectivity index (χ3v) is 3.49. The van der Waals surface area contributed by atoms with E-state index in [2.05, 4.69) is 20.9 Å². The lowest BCUT2D eigenvalue weighted by atomic mass is 10.2. The van der Waals surface area contributed by atoms with E-state index >= 15 is 0 Å². The van der Waals surface area contributed by atoms with Crippen LogP contribution in [0.2, 0.25) is 0 Å². The van der Waals surface area contributed by atoms with Crippen molar-refractivity contribution in [2.24, 2.45) is 0 Å². The van der Waals surface area contributed by atoms with Gasteiger partial charge in [0.25, 0.3) is 5.91 Å². The van der Waals surface area contributed by atoms with Crippen LogP contribution in [0.1, 0.15) is 23.1 Å². The minimum Gasteiger partial charge on any atom is -0.497 e. The van der Waals surface area contributed by atoms with E-state index in [1.807, 2.05) is 45.2 Å². The fourth-order valence-electron chi connectivity index (χ4n) is 1.94. The lowest BCUT2D eigenvalue weighted by Crippen LogP contribution is -2.37. The molecule has 0 bridgehead atoms. The maximum Gasteiger partial charge on any atom is 0.273 e. The summed E-state index contributed by atoms with van der Waals surface area (Å²) in [6, 6.07) is 7.60. The zero-order valence-electron chi connectivity index (χ0n) is 13.7. The van der Waals surface area contributed by atoms with Gasteiger partial charge in [-0.15, -0.1) is 17.5 Å². The SMILES string of the molecule is CNC(C)CNC(=O)c1nnn(-c2ccc(OC)cc2)c1C.Cl. The molecule has 0 fully saturated rings. The van der Waals surface area contributed by atoms with Crippen LogP contribution in [-0.2, 0) is 0 Å². The molecule has 1 heterocycles. The Morgan fingerprint density at radius 3 is 2.57 bits per heavy atom. The number of nitrogens with zero attached hydrogens (tertiary/aromatic N) is 3. The maximum atomic E-state index is 12.2. The lowest BCUT2D eigenvalue weighted by molar-refractivity contribution is 0.0945. The number of amides is 1. The Hall–Kier alpha value is -2.12. The Labute approximate surface area is 141 Å². The molecule has 0 aliphatic carbocycles. The number of halogens is 1. The van der Waals surface area contributed by atoms with Crippen LogP contribution in [0.4, 0.5) is 0 Å². The van der Waals surface area contributed by atoms with Gasteiger partial charge in [0.05, 0.1) is 18.5 Å². The van der Waals surface area contributed by atoms with E-state index in [-0.39, 0.29) is 24.4 Å². The van der Waals surface area contributed by atoms with Gasteiger partial charge in [-0.05, 0) is 45.2 Å². The highest BCUT2D eigenvalue weighted by Crippen LogP contribution is 2.16. The third kappa shape index (κ3) is 4.43. The number of hydrogen-bond acceptors (Lipinski definition) is 5. The van der Waals surface area contributed by atoms with E-state index in [0.717, 1.165) is 11.4 Å². The first kappa shape index (κ1) is 18.9. The normalized spacial score (nSPS) is 11.5. The fraction of sp³-hybridized carbons (Fsp3) is 0.400. The van der Waals surface area contributed by atoms with Crippen LogP contribution in [-0.4, -0.2) is 47.6 Å². The summed E-state index contributed by atoms with van der Waals surface area (Å²) in [5.74, 6) is 0.542. The highest BCUT2D eigenvalue weighted by Gasteiger charge is 2.17. The first-order chi connectivity index (χ1) is 10.6. The van der Waals surface area contributed by atoms with Crippen LogP contribution in [0.3, 0.4) is 0 Å². The van der Waals surface area contributed by atoms with Crippen LogP contribution in [0, 0.1) is 6.92 Å². The number of ether oxygens (including phenoxy) is 1. The molecule has 1 aromatic carbocycles. The van der Waals surface area contributed by atoms with Crippen molar-refractivity contribution in [1.82, 2.24) is 25.6 Å². The average molecular weight is 340 g/mol. The molecule has 0 saturated heterocycles. The van der Waals surface area contributed by atoms with Crippen molar-refractivity contribution in [3.05, 3.63) is 35.7 Å². The van der Waals surface area contributed by atoms with Gasteiger partial charge in [0.1, 0.15) is 5.75 Å². The van der Waals surface area contributed by atoms with E-state index in [4.69, 9.17) is 4.74 Å². The number of hydrogen-bond donors (Lipinski definition) is 2. The first-order valence-corrected chi connectivity index (χ1v) is 7.09. The van der Waals surface area contributed by atoms with Gasteiger partial charge in [-0.25, -0.2) is 4.68 Å². The van der Waals surface area contributed by atoms with Crippen LogP contribution in [0.25, 0.3) is 5.69 Å². The molecule has 2 N–H and O–H groups in total. The number of methoxy groups -OCH3 is 1. The molecule has 1 atom stereocenters. The van der Waals surface area contributed by atoms with Crippen molar-refractivity contribution in [2.45, 2.75) is 19.9 Å². The third-order valence-electron chi connectivity index (χ3n) is 3.49. The number of benzene rings is 1. The highest BCUT2D eigenvalue weighted by atomic mass is 35.5. The van der Waals surface area contributed by atoms with Gasteiger partial charge in [-0.2, -0.15) is 0 Å². The first-order valence-electron chi connectivity index (χ1n) is 7.09. The molecule has 2 aromatic rings. The molecule has 7 nitrogen and oxygen atoms in total. The summed E-state index contributed by atoms with van der Waals surface area (Å²) in [5, 5.41) is 13.9. The predicted molar refractivity (Wildman–Crippen MR) is 90.8 cm³/mol. The number of carbonyl (C=O) groups excluding carboxylic acids is 1. The Morgan fingerprint density at radius 2 is 2.00 bits per heavy atom. The van der Waals surface area contributed by atoms with Crippen molar-refractivity contribution < 1.29 is 9.53 Å². The summed E-state index contributed by atoms with van der Waals surface area (Å²) < 4.78 is 6.76. The predicted octanol–water partition coefficient (Wildman–Crippen LogP) is 1.34. The molecule has 0 radical (unpaired) electrons. The molecule has 126 valence electrons. The molecule has 1 amide bonds. The molecular weight excluding hydrogens is 318 g/mol. The largest absolute Gasteiger partial charge is 0.497 e. The molecule has 1 unspecified atom stereocenters. The maximum absolute atomic E-state index is 12.2. The minimum atomic E-state index is -0.223. The molecule has 8 heteroatoms. The molecule has 23 heavy (non-hydrogen) atoms. The van der Waals surface area contributed by atoms with E-state index in [1.54, 1.807) is 11.8 Å². The Morgan fingerprint density at radius 1 is 1.35 bits per heavy atom. The van der Waals surface area contributed by atoms with Gasteiger partial charge in [-0.3, -0.25) is 4.79 Å². The number of nitrogens with one attached hydrogen (secondary N) is 2. The zero-order chi connectivity index (χ0) is 16.1. The van der Waals surface area contributed by atoms with Crippen molar-refractivity contribution in [3.63, 3.8) is 0 Å². The van der Waals surface area contributed by atoms with Gasteiger partial charge in [-0.1, -0.05) is 5.21 Å². The van der Waals surface area contributed by atoms with Crippen LogP contribution >= 0.6 is 12.4 Å². The van der Waals surface area contributed by atoms with E-state index in [0.29, 0.717) is 17.9 Å². The zero-order valence-corrected chi connectivity index (χ0v) is 14.5. The minimum absolute atomic E-state index is 0. The molecule has 0 aliphatic rings. The van der Waals surface area contributed by atoms with Gasteiger partial charge < -0.3 is 15.4 Å². The topological polar surface area (TPSA) is 81.1 Å². The summed E-state index contributed by atoms with van der Waals surface area (Å²) in [6.45, 7) is 4.34. The standard InChI is InChI=1S/C15H21N5O2.ClH/c1-10(16-3)9-17-15(21)14-11(2)20(19-18-14)12-5-7-13(22-4)8-6-12;/h5-8,10,16H,9H2,1-4H3,(H,17,21);1H. The lowest BCUT2D eigenvalue weighted by Gasteiger charge is -2.10. The van der Waals surface area contributed by atoms with Crippen molar-refractivity contribution in [3.8, 4) is 11.4 Å². The van der Waals surface area contributed by atoms with Gasteiger partial charge >= 0.3 is 0 Å². The van der Waals surface area contributed by atoms with Crippen LogP contribution in [0.15, 0.2) is 24.3 Å². The van der Waals surface area contributed by atoms with Crippen molar-refractivity contribution in [2.75, 3.05) is 20.7 Å². The summed E-state index contributed by atoms with van der Waals surface area (Å²) >= 11 is 0.